The van der Waals surface area contributed by atoms with Crippen LogP contribution in [0, 0.1) is 6.92 Å². The normalized spacial score (nSPS) is 10.5. The lowest BCUT2D eigenvalue weighted by molar-refractivity contribution is 0.0952. The first kappa shape index (κ1) is 13.5. The van der Waals surface area contributed by atoms with Crippen LogP contribution in [0.3, 0.4) is 0 Å². The third-order valence-corrected chi connectivity index (χ3v) is 3.75. The molecule has 2 heterocycles. The van der Waals surface area contributed by atoms with Crippen LogP contribution < -0.4 is 5.32 Å². The minimum absolute atomic E-state index is 0.197. The number of hydrogen-bond acceptors (Lipinski definition) is 5. The van der Waals surface area contributed by atoms with Crippen LogP contribution >= 0.6 is 11.5 Å². The van der Waals surface area contributed by atoms with E-state index >= 15 is 0 Å². The van der Waals surface area contributed by atoms with Crippen molar-refractivity contribution in [1.82, 2.24) is 14.9 Å². The summed E-state index contributed by atoms with van der Waals surface area (Å²) in [6, 6.07) is 11.4. The van der Waals surface area contributed by atoms with Gasteiger partial charge in [-0.05, 0) is 30.6 Å². The minimum Gasteiger partial charge on any atom is -0.467 e. The van der Waals surface area contributed by atoms with Gasteiger partial charge >= 0.3 is 0 Å². The molecular formula is C15H13N3O2S. The monoisotopic (exact) mass is 299 g/mol. The molecule has 106 valence electrons. The molecule has 0 aliphatic heterocycles. The molecule has 0 saturated heterocycles. The number of benzene rings is 1. The van der Waals surface area contributed by atoms with Gasteiger partial charge in [-0.3, -0.25) is 4.79 Å². The third-order valence-electron chi connectivity index (χ3n) is 3.02. The Morgan fingerprint density at radius 2 is 2.10 bits per heavy atom. The van der Waals surface area contributed by atoms with Crippen molar-refractivity contribution in [2.75, 3.05) is 0 Å². The largest absolute Gasteiger partial charge is 0.467 e. The van der Waals surface area contributed by atoms with Crippen LogP contribution in [-0.4, -0.2) is 15.5 Å². The first-order chi connectivity index (χ1) is 10.2. The zero-order chi connectivity index (χ0) is 14.7. The Hall–Kier alpha value is -2.47. The Balaban J connectivity index is 1.78. The fraction of sp³-hybridized carbons (Fsp3) is 0.133. The Labute approximate surface area is 125 Å². The first-order valence-electron chi connectivity index (χ1n) is 6.44. The van der Waals surface area contributed by atoms with Crippen LogP contribution in [0.5, 0.6) is 0 Å². The highest BCUT2D eigenvalue weighted by atomic mass is 32.1. The summed E-state index contributed by atoms with van der Waals surface area (Å²) in [6.07, 6.45) is 1.58. The molecule has 1 aromatic carbocycles. The van der Waals surface area contributed by atoms with E-state index in [-0.39, 0.29) is 5.91 Å². The van der Waals surface area contributed by atoms with E-state index in [0.29, 0.717) is 22.9 Å². The van der Waals surface area contributed by atoms with Crippen LogP contribution in [0.4, 0.5) is 0 Å². The Morgan fingerprint density at radius 1 is 1.29 bits per heavy atom. The van der Waals surface area contributed by atoms with Crippen molar-refractivity contribution in [3.05, 3.63) is 58.9 Å². The van der Waals surface area contributed by atoms with Gasteiger partial charge in [-0.1, -0.05) is 34.3 Å². The smallest absolute Gasteiger partial charge is 0.265 e. The van der Waals surface area contributed by atoms with Gasteiger partial charge in [-0.25, -0.2) is 0 Å². The number of aromatic nitrogens is 2. The summed E-state index contributed by atoms with van der Waals surface area (Å²) in [4.78, 5) is 12.7. The second kappa shape index (κ2) is 5.88. The van der Waals surface area contributed by atoms with Crippen molar-refractivity contribution in [2.24, 2.45) is 0 Å². The number of carbonyl (C=O) groups excluding carboxylic acids is 1. The average Bonchev–Trinajstić information content (AvgIpc) is 3.17. The van der Waals surface area contributed by atoms with E-state index in [2.05, 4.69) is 14.9 Å². The molecule has 6 heteroatoms. The fourth-order valence-corrected chi connectivity index (χ4v) is 2.51. The molecule has 1 N–H and O–H groups in total. The maximum atomic E-state index is 12.2. The summed E-state index contributed by atoms with van der Waals surface area (Å²) < 4.78 is 9.08. The third kappa shape index (κ3) is 3.00. The van der Waals surface area contributed by atoms with Crippen LogP contribution in [0.25, 0.3) is 11.3 Å². The van der Waals surface area contributed by atoms with Crippen molar-refractivity contribution in [1.29, 1.82) is 0 Å². The van der Waals surface area contributed by atoms with Crippen LogP contribution in [0.15, 0.2) is 47.1 Å². The number of nitrogens with zero attached hydrogens (tertiary/aromatic N) is 2. The molecule has 2 aromatic heterocycles. The first-order valence-corrected chi connectivity index (χ1v) is 7.21. The highest BCUT2D eigenvalue weighted by Gasteiger charge is 2.17. The summed E-state index contributed by atoms with van der Waals surface area (Å²) in [5.74, 6) is 0.509. The molecule has 5 nitrogen and oxygen atoms in total. The van der Waals surface area contributed by atoms with Crippen molar-refractivity contribution >= 4 is 17.4 Å². The number of carbonyl (C=O) groups is 1. The summed E-state index contributed by atoms with van der Waals surface area (Å²) in [6.45, 7) is 2.36. The van der Waals surface area contributed by atoms with Gasteiger partial charge in [0.25, 0.3) is 5.91 Å². The van der Waals surface area contributed by atoms with Gasteiger partial charge in [-0.15, -0.1) is 5.10 Å². The highest BCUT2D eigenvalue weighted by Crippen LogP contribution is 2.24. The van der Waals surface area contributed by atoms with E-state index < -0.39 is 0 Å². The number of furan rings is 1. The Morgan fingerprint density at radius 3 is 2.81 bits per heavy atom. The molecule has 0 bridgehead atoms. The number of aryl methyl sites for hydroxylation is 1. The summed E-state index contributed by atoms with van der Waals surface area (Å²) >= 11 is 1.09. The van der Waals surface area contributed by atoms with Gasteiger partial charge in [0.05, 0.1) is 12.8 Å². The molecule has 0 unspecified atom stereocenters. The van der Waals surface area contributed by atoms with Gasteiger partial charge in [0.2, 0.25) is 0 Å². The number of amides is 1. The minimum atomic E-state index is -0.197. The zero-order valence-corrected chi connectivity index (χ0v) is 12.2. The number of nitrogens with one attached hydrogen (secondary N) is 1. The second-order valence-electron chi connectivity index (χ2n) is 4.58. The molecule has 21 heavy (non-hydrogen) atoms. The number of rotatable bonds is 4. The standard InChI is InChI=1S/C15H13N3O2S/c1-10-4-6-11(7-5-10)13-14(21-18-17-13)15(19)16-9-12-3-2-8-20-12/h2-8H,9H2,1H3,(H,16,19). The molecular weight excluding hydrogens is 286 g/mol. The molecule has 1 amide bonds. The van der Waals surface area contributed by atoms with Crippen molar-refractivity contribution < 1.29 is 9.21 Å². The SMILES string of the molecule is Cc1ccc(-c2nnsc2C(=O)NCc2ccco2)cc1. The lowest BCUT2D eigenvalue weighted by atomic mass is 10.1. The lowest BCUT2D eigenvalue weighted by Crippen LogP contribution is -2.22. The van der Waals surface area contributed by atoms with Gasteiger partial charge in [0.1, 0.15) is 16.3 Å². The molecule has 0 atom stereocenters. The maximum absolute atomic E-state index is 12.2. The van der Waals surface area contributed by atoms with Crippen molar-refractivity contribution in [3.8, 4) is 11.3 Å². The topological polar surface area (TPSA) is 68.0 Å². The van der Waals surface area contributed by atoms with E-state index in [1.165, 1.54) is 0 Å². The van der Waals surface area contributed by atoms with E-state index in [9.17, 15) is 4.79 Å². The molecule has 3 rings (SSSR count). The summed E-state index contributed by atoms with van der Waals surface area (Å²) in [7, 11) is 0. The van der Waals surface area contributed by atoms with Crippen molar-refractivity contribution in [2.45, 2.75) is 13.5 Å². The molecule has 0 aliphatic carbocycles. The predicted molar refractivity (Wildman–Crippen MR) is 80.0 cm³/mol. The predicted octanol–water partition coefficient (Wildman–Crippen LogP) is 3.04. The zero-order valence-electron chi connectivity index (χ0n) is 11.4. The number of hydrogen-bond donors (Lipinski definition) is 1. The summed E-state index contributed by atoms with van der Waals surface area (Å²) in [5, 5.41) is 6.87. The summed E-state index contributed by atoms with van der Waals surface area (Å²) in [5.41, 5.74) is 2.65. The fourth-order valence-electron chi connectivity index (χ4n) is 1.90. The van der Waals surface area contributed by atoms with E-state index in [1.807, 2.05) is 37.3 Å². The average molecular weight is 299 g/mol. The maximum Gasteiger partial charge on any atom is 0.265 e. The molecule has 0 spiro atoms. The molecule has 0 saturated carbocycles. The molecule has 0 fully saturated rings. The van der Waals surface area contributed by atoms with Crippen LogP contribution in [0.1, 0.15) is 21.0 Å². The van der Waals surface area contributed by atoms with Gasteiger partial charge in [-0.2, -0.15) is 0 Å². The van der Waals surface area contributed by atoms with Crippen LogP contribution in [0.2, 0.25) is 0 Å². The van der Waals surface area contributed by atoms with Crippen molar-refractivity contribution in [3.63, 3.8) is 0 Å². The van der Waals surface area contributed by atoms with Gasteiger partial charge in [0, 0.05) is 5.56 Å². The van der Waals surface area contributed by atoms with Crippen LogP contribution in [-0.2, 0) is 6.54 Å². The Bertz CT molecular complexity index is 733. The highest BCUT2D eigenvalue weighted by molar-refractivity contribution is 7.08. The van der Waals surface area contributed by atoms with E-state index in [4.69, 9.17) is 4.42 Å². The molecule has 0 radical (unpaired) electrons. The van der Waals surface area contributed by atoms with E-state index in [1.54, 1.807) is 12.3 Å². The molecule has 0 aliphatic rings. The lowest BCUT2D eigenvalue weighted by Gasteiger charge is -2.03. The Kier molecular flexibility index (Phi) is 3.79. The quantitative estimate of drug-likeness (QED) is 0.804. The van der Waals surface area contributed by atoms with Gasteiger partial charge < -0.3 is 9.73 Å². The van der Waals surface area contributed by atoms with E-state index in [0.717, 1.165) is 22.7 Å². The van der Waals surface area contributed by atoms with Gasteiger partial charge in [0.15, 0.2) is 0 Å². The molecule has 3 aromatic rings. The second-order valence-corrected chi connectivity index (χ2v) is 5.33.